The minimum Gasteiger partial charge on any atom is -0.652 e. The Labute approximate surface area is 66.0 Å². The van der Waals surface area contributed by atoms with Crippen molar-refractivity contribution in [3.63, 3.8) is 0 Å². The molecule has 0 aromatic carbocycles. The molecule has 0 rings (SSSR count). The van der Waals surface area contributed by atoms with Crippen molar-refractivity contribution in [3.8, 4) is 0 Å². The van der Waals surface area contributed by atoms with Crippen molar-refractivity contribution < 1.29 is 60.1 Å². The summed E-state index contributed by atoms with van der Waals surface area (Å²) in [6.45, 7) is 0. The Kier molecular flexibility index (Phi) is 24.4. The van der Waals surface area contributed by atoms with Gasteiger partial charge in [-0.25, -0.2) is 0 Å². The number of rotatable bonds is 0. The van der Waals surface area contributed by atoms with E-state index in [2.05, 4.69) is 0 Å². The molecule has 0 atom stereocenters. The van der Waals surface area contributed by atoms with Gasteiger partial charge in [0.15, 0.2) is 0 Å². The Morgan fingerprint density at radius 1 is 1.33 bits per heavy atom. The zero-order chi connectivity index (χ0) is 3.58. The topological polar surface area (TPSA) is 63.2 Å². The van der Waals surface area contributed by atoms with E-state index in [1.807, 2.05) is 0 Å². The molecule has 5 heteroatoms. The van der Waals surface area contributed by atoms with Gasteiger partial charge in [-0.2, -0.15) is 0 Å². The smallest absolute Gasteiger partial charge is 0.652 e. The van der Waals surface area contributed by atoms with Crippen molar-refractivity contribution in [3.05, 3.63) is 0 Å². The molecule has 0 aromatic heterocycles. The van der Waals surface area contributed by atoms with Crippen LogP contribution in [0.2, 0.25) is 0 Å². The van der Waals surface area contributed by atoms with Gasteiger partial charge in [-0.15, -0.1) is 0 Å². The first kappa shape index (κ1) is 15.9. The van der Waals surface area contributed by atoms with E-state index < -0.39 is 6.16 Å². The molecule has 0 unspecified atom stereocenters. The Morgan fingerprint density at radius 3 is 1.33 bits per heavy atom. The molecule has 0 saturated carbocycles. The summed E-state index contributed by atoms with van der Waals surface area (Å²) in [6.07, 6.45) is -2.33. The van der Waals surface area contributed by atoms with Gasteiger partial charge in [0.1, 0.15) is 0 Å². The normalized spacial score (nSPS) is 4.00. The Bertz CT molecular complexity index is 33.8. The van der Waals surface area contributed by atoms with Gasteiger partial charge in [0.25, 0.3) is 0 Å². The summed E-state index contributed by atoms with van der Waals surface area (Å²) in [7, 11) is 0. The summed E-state index contributed by atoms with van der Waals surface area (Å²) in [5.41, 5.74) is 0. The summed E-state index contributed by atoms with van der Waals surface area (Å²) in [4.78, 5) is 8.33. The molecule has 0 heterocycles. The second-order valence-electron chi connectivity index (χ2n) is 0.250. The number of carboxylic acid groups (broad SMARTS) is 2. The minimum absolute atomic E-state index is 0. The maximum Gasteiger partial charge on any atom is 4.00 e. The predicted octanol–water partition coefficient (Wildman–Crippen LogP) is -5.45. The second-order valence-corrected chi connectivity index (χ2v) is 0.250. The molecule has 0 radical (unpaired) electrons. The predicted molar refractivity (Wildman–Crippen MR) is 5.40 cm³/mol. The first-order valence-electron chi connectivity index (χ1n) is 0.612. The average Bonchev–Trinajstić information content (AvgIpc) is 0.811. The Morgan fingerprint density at radius 2 is 1.33 bits per heavy atom. The number of hydrogen-bond acceptors (Lipinski definition) is 3. The van der Waals surface area contributed by atoms with Crippen LogP contribution in [-0.4, -0.2) is 6.16 Å². The molecule has 0 aliphatic rings. The number of carbonyl (C=O) groups is 1. The molecule has 0 aromatic rings. The van der Waals surface area contributed by atoms with E-state index in [4.69, 9.17) is 15.0 Å². The molecule has 0 aliphatic heterocycles. The summed E-state index contributed by atoms with van der Waals surface area (Å²) >= 11 is 0. The number of hydrogen-bond donors (Lipinski definition) is 0. The van der Waals surface area contributed by atoms with Crippen LogP contribution >= 0.6 is 0 Å². The van der Waals surface area contributed by atoms with E-state index in [0.29, 0.717) is 0 Å². The largest absolute Gasteiger partial charge is 4.00 e. The maximum atomic E-state index is 8.33. The molecule has 0 amide bonds. The van der Waals surface area contributed by atoms with Gasteiger partial charge in [0.05, 0.1) is 0 Å². The molecule has 0 saturated heterocycles. The van der Waals surface area contributed by atoms with E-state index in [-0.39, 0.29) is 45.1 Å². The molecule has 3 nitrogen and oxygen atoms in total. The Hall–Kier alpha value is 0.751. The first-order valence-corrected chi connectivity index (χ1v) is 0.612. The van der Waals surface area contributed by atoms with Crippen molar-refractivity contribution in [2.75, 3.05) is 0 Å². The summed E-state index contributed by atoms with van der Waals surface area (Å²) < 4.78 is 0. The Balaban J connectivity index is -0.0000000450. The molecule has 0 N–H and O–H groups in total. The van der Waals surface area contributed by atoms with Gasteiger partial charge in [0.2, 0.25) is 0 Å². The van der Waals surface area contributed by atoms with Crippen molar-refractivity contribution in [1.82, 2.24) is 0 Å². The van der Waals surface area contributed by atoms with Gasteiger partial charge in [-0.05, 0) is 6.16 Å². The molecule has 0 fully saturated rings. The summed E-state index contributed by atoms with van der Waals surface area (Å²) in [6, 6.07) is 0. The molecule has 6 heavy (non-hydrogen) atoms. The monoisotopic (exact) mass is 157 g/mol. The maximum absolute atomic E-state index is 8.33. The van der Waals surface area contributed by atoms with Gasteiger partial charge in [-0.1, -0.05) is 0 Å². The van der Waals surface area contributed by atoms with Crippen LogP contribution in [0.1, 0.15) is 0 Å². The zero-order valence-electron chi connectivity index (χ0n) is 3.22. The van der Waals surface area contributed by atoms with Crippen LogP contribution in [0.3, 0.4) is 0 Å². The SMILES string of the molecule is O=C([O-])[O-].[Li+].[Zr+4]. The number of carbonyl (C=O) groups excluding carboxylic acids is 1. The first-order chi connectivity index (χ1) is 1.73. The van der Waals surface area contributed by atoms with Crippen LogP contribution in [0.4, 0.5) is 4.79 Å². The standard InChI is InChI=1S/CH2O3.Li.Zr/c2-1(3)4;;/h(H2,2,3,4);;/q;+1;+4/p-2. The van der Waals surface area contributed by atoms with E-state index in [1.165, 1.54) is 0 Å². The van der Waals surface area contributed by atoms with Crippen LogP contribution in [0, 0.1) is 0 Å². The van der Waals surface area contributed by atoms with Crippen molar-refractivity contribution in [1.29, 1.82) is 0 Å². The molecule has 0 spiro atoms. The fraction of sp³-hybridized carbons (Fsp3) is 0. The van der Waals surface area contributed by atoms with Gasteiger partial charge < -0.3 is 15.0 Å². The van der Waals surface area contributed by atoms with Crippen molar-refractivity contribution >= 4 is 6.16 Å². The van der Waals surface area contributed by atoms with Crippen LogP contribution < -0.4 is 29.1 Å². The van der Waals surface area contributed by atoms with E-state index in [9.17, 15) is 0 Å². The third-order valence-corrected chi connectivity index (χ3v) is 0. The third-order valence-electron chi connectivity index (χ3n) is 0. The van der Waals surface area contributed by atoms with E-state index >= 15 is 0 Å². The molecule has 0 aliphatic carbocycles. The van der Waals surface area contributed by atoms with Crippen molar-refractivity contribution in [2.24, 2.45) is 0 Å². The van der Waals surface area contributed by atoms with Crippen LogP contribution in [-0.2, 0) is 26.2 Å². The fourth-order valence-corrected chi connectivity index (χ4v) is 0. The molecular formula is CLiO3Zr+3. The quantitative estimate of drug-likeness (QED) is 0.330. The fourth-order valence-electron chi connectivity index (χ4n) is 0. The van der Waals surface area contributed by atoms with Crippen LogP contribution in [0.5, 0.6) is 0 Å². The van der Waals surface area contributed by atoms with Gasteiger partial charge in [0, 0.05) is 0 Å². The van der Waals surface area contributed by atoms with E-state index in [1.54, 1.807) is 0 Å². The van der Waals surface area contributed by atoms with E-state index in [0.717, 1.165) is 0 Å². The zero-order valence-corrected chi connectivity index (χ0v) is 5.68. The molecular weight excluding hydrogens is 158 g/mol. The van der Waals surface area contributed by atoms with Gasteiger partial charge in [-0.3, -0.25) is 0 Å². The summed E-state index contributed by atoms with van der Waals surface area (Å²) in [5.74, 6) is 0. The van der Waals surface area contributed by atoms with Crippen LogP contribution in [0.25, 0.3) is 0 Å². The summed E-state index contributed by atoms with van der Waals surface area (Å²) in [5, 5.41) is 16.7. The molecule has 0 bridgehead atoms. The minimum atomic E-state index is -2.33. The molecule has 24 valence electrons. The van der Waals surface area contributed by atoms with Gasteiger partial charge >= 0.3 is 45.1 Å². The third kappa shape index (κ3) is 119. The van der Waals surface area contributed by atoms with Crippen molar-refractivity contribution in [2.45, 2.75) is 0 Å². The second kappa shape index (κ2) is 9.23. The average molecular weight is 158 g/mol. The van der Waals surface area contributed by atoms with Crippen LogP contribution in [0.15, 0.2) is 0 Å².